The third-order valence-corrected chi connectivity index (χ3v) is 3.79. The lowest BCUT2D eigenvalue weighted by molar-refractivity contribution is 0.0978. The van der Waals surface area contributed by atoms with Gasteiger partial charge in [0.05, 0.1) is 6.07 Å². The van der Waals surface area contributed by atoms with Crippen molar-refractivity contribution in [3.8, 4) is 6.07 Å². The van der Waals surface area contributed by atoms with Gasteiger partial charge in [-0.25, -0.2) is 9.97 Å². The van der Waals surface area contributed by atoms with Crippen LogP contribution in [0.1, 0.15) is 27.0 Å². The van der Waals surface area contributed by atoms with E-state index in [0.717, 1.165) is 5.69 Å². The molecule has 6 heteroatoms. The number of thiazole rings is 1. The molecule has 0 unspecified atom stereocenters. The molecule has 0 aromatic carbocycles. The molecule has 0 fully saturated rings. The standard InChI is InChI=1S/C14H14N4OS/c1-9-8-20-14(17-9)11(7-15)13(19)10-4-5-16-12(6-10)18(2)3/h4-6,8,11H,1-3H3/t11-/m0/s1. The zero-order chi connectivity index (χ0) is 14.7. The van der Waals surface area contributed by atoms with Gasteiger partial charge in [-0.05, 0) is 19.1 Å². The number of carbonyl (C=O) groups excluding carboxylic acids is 1. The van der Waals surface area contributed by atoms with E-state index in [1.807, 2.05) is 37.4 Å². The highest BCUT2D eigenvalue weighted by atomic mass is 32.1. The maximum atomic E-state index is 12.5. The zero-order valence-electron chi connectivity index (χ0n) is 11.5. The highest BCUT2D eigenvalue weighted by Gasteiger charge is 2.25. The average molecular weight is 286 g/mol. The maximum absolute atomic E-state index is 12.5. The summed E-state index contributed by atoms with van der Waals surface area (Å²) in [5.74, 6) is -0.415. The summed E-state index contributed by atoms with van der Waals surface area (Å²) in [5.41, 5.74) is 1.30. The number of aromatic nitrogens is 2. The van der Waals surface area contributed by atoms with Crippen LogP contribution in [0.5, 0.6) is 0 Å². The molecular weight excluding hydrogens is 272 g/mol. The van der Waals surface area contributed by atoms with Gasteiger partial charge in [0, 0.05) is 36.9 Å². The summed E-state index contributed by atoms with van der Waals surface area (Å²) in [7, 11) is 3.70. The Kier molecular flexibility index (Phi) is 4.11. The van der Waals surface area contributed by atoms with Gasteiger partial charge in [0.25, 0.3) is 0 Å². The first-order valence-electron chi connectivity index (χ1n) is 6.02. The maximum Gasteiger partial charge on any atom is 0.187 e. The second-order valence-corrected chi connectivity index (χ2v) is 5.44. The highest BCUT2D eigenvalue weighted by molar-refractivity contribution is 7.10. The normalized spacial score (nSPS) is 11.7. The predicted molar refractivity (Wildman–Crippen MR) is 78.1 cm³/mol. The molecule has 2 aromatic heterocycles. The fraction of sp³-hybridized carbons (Fsp3) is 0.286. The van der Waals surface area contributed by atoms with Crippen LogP contribution in [0.25, 0.3) is 0 Å². The summed E-state index contributed by atoms with van der Waals surface area (Å²) >= 11 is 1.34. The Hall–Kier alpha value is -2.26. The third kappa shape index (κ3) is 2.83. The Morgan fingerprint density at radius 3 is 2.80 bits per heavy atom. The number of carbonyl (C=O) groups is 1. The molecular formula is C14H14N4OS. The quantitative estimate of drug-likeness (QED) is 0.807. The van der Waals surface area contributed by atoms with Crippen LogP contribution in [0.2, 0.25) is 0 Å². The Labute approximate surface area is 121 Å². The van der Waals surface area contributed by atoms with Gasteiger partial charge in [-0.1, -0.05) is 0 Å². The van der Waals surface area contributed by atoms with Crippen molar-refractivity contribution in [3.05, 3.63) is 40.0 Å². The van der Waals surface area contributed by atoms with Gasteiger partial charge in [0.2, 0.25) is 0 Å². The average Bonchev–Trinajstić information content (AvgIpc) is 2.86. The van der Waals surface area contributed by atoms with Crippen LogP contribution in [-0.4, -0.2) is 29.8 Å². The number of nitriles is 1. The number of ketones is 1. The molecule has 0 aliphatic carbocycles. The van der Waals surface area contributed by atoms with Crippen LogP contribution in [0.15, 0.2) is 23.7 Å². The number of anilines is 1. The molecule has 102 valence electrons. The molecule has 5 nitrogen and oxygen atoms in total. The van der Waals surface area contributed by atoms with E-state index in [-0.39, 0.29) is 5.78 Å². The molecule has 0 radical (unpaired) electrons. The van der Waals surface area contributed by atoms with Gasteiger partial charge in [-0.15, -0.1) is 11.3 Å². The number of hydrogen-bond donors (Lipinski definition) is 0. The Morgan fingerprint density at radius 2 is 2.25 bits per heavy atom. The van der Waals surface area contributed by atoms with Crippen LogP contribution < -0.4 is 4.90 Å². The summed E-state index contributed by atoms with van der Waals surface area (Å²) in [6.07, 6.45) is 1.57. The van der Waals surface area contributed by atoms with Crippen LogP contribution in [-0.2, 0) is 0 Å². The molecule has 0 aliphatic heterocycles. The van der Waals surface area contributed by atoms with Gasteiger partial charge in [-0.2, -0.15) is 5.26 Å². The van der Waals surface area contributed by atoms with Crippen LogP contribution in [0, 0.1) is 18.3 Å². The van der Waals surface area contributed by atoms with Crippen molar-refractivity contribution in [2.45, 2.75) is 12.8 Å². The first-order chi connectivity index (χ1) is 9.52. The van der Waals surface area contributed by atoms with E-state index < -0.39 is 5.92 Å². The van der Waals surface area contributed by atoms with Crippen molar-refractivity contribution in [2.75, 3.05) is 19.0 Å². The van der Waals surface area contributed by atoms with Crippen LogP contribution in [0.3, 0.4) is 0 Å². The molecule has 2 rings (SSSR count). The molecule has 0 saturated heterocycles. The lowest BCUT2D eigenvalue weighted by Crippen LogP contribution is -2.14. The summed E-state index contributed by atoms with van der Waals surface area (Å²) < 4.78 is 0. The zero-order valence-corrected chi connectivity index (χ0v) is 12.3. The molecule has 2 aromatic rings. The van der Waals surface area contributed by atoms with E-state index in [4.69, 9.17) is 0 Å². The molecule has 20 heavy (non-hydrogen) atoms. The van der Waals surface area contributed by atoms with E-state index in [2.05, 4.69) is 9.97 Å². The molecule has 2 heterocycles. The lowest BCUT2D eigenvalue weighted by Gasteiger charge is -2.12. The van der Waals surface area contributed by atoms with Gasteiger partial charge >= 0.3 is 0 Å². The molecule has 0 bridgehead atoms. The molecule has 1 atom stereocenters. The van der Waals surface area contributed by atoms with E-state index in [1.165, 1.54) is 11.3 Å². The predicted octanol–water partition coefficient (Wildman–Crippen LogP) is 2.40. The summed E-state index contributed by atoms with van der Waals surface area (Å²) in [5, 5.41) is 11.6. The fourth-order valence-electron chi connectivity index (χ4n) is 1.71. The largest absolute Gasteiger partial charge is 0.363 e. The molecule has 0 spiro atoms. The number of rotatable bonds is 4. The van der Waals surface area contributed by atoms with Crippen LogP contribution in [0.4, 0.5) is 5.82 Å². The Balaban J connectivity index is 2.34. The number of aryl methyl sites for hydroxylation is 1. The molecule has 0 saturated carbocycles. The van der Waals surface area contributed by atoms with E-state index >= 15 is 0 Å². The van der Waals surface area contributed by atoms with Gasteiger partial charge in [0.1, 0.15) is 10.8 Å². The first kappa shape index (κ1) is 14.2. The summed E-state index contributed by atoms with van der Waals surface area (Å²) in [6.45, 7) is 1.84. The van der Waals surface area contributed by atoms with Crippen molar-refractivity contribution in [1.82, 2.24) is 9.97 Å². The topological polar surface area (TPSA) is 69.9 Å². The molecule has 0 N–H and O–H groups in total. The number of pyridine rings is 1. The van der Waals surface area contributed by atoms with E-state index in [1.54, 1.807) is 18.3 Å². The molecule has 0 aliphatic rings. The molecule has 0 amide bonds. The second-order valence-electron chi connectivity index (χ2n) is 4.55. The fourth-order valence-corrected chi connectivity index (χ4v) is 2.55. The minimum atomic E-state index is -0.855. The van der Waals surface area contributed by atoms with Gasteiger partial charge in [-0.3, -0.25) is 4.79 Å². The minimum Gasteiger partial charge on any atom is -0.363 e. The van der Waals surface area contributed by atoms with Crippen LogP contribution >= 0.6 is 11.3 Å². The first-order valence-corrected chi connectivity index (χ1v) is 6.90. The van der Waals surface area contributed by atoms with Gasteiger partial charge < -0.3 is 4.90 Å². The van der Waals surface area contributed by atoms with Crippen molar-refractivity contribution in [1.29, 1.82) is 5.26 Å². The Morgan fingerprint density at radius 1 is 1.50 bits per heavy atom. The monoisotopic (exact) mass is 286 g/mol. The smallest absolute Gasteiger partial charge is 0.187 e. The second kappa shape index (κ2) is 5.80. The van der Waals surface area contributed by atoms with E-state index in [9.17, 15) is 10.1 Å². The lowest BCUT2D eigenvalue weighted by atomic mass is 10.00. The Bertz CT molecular complexity index is 672. The van der Waals surface area contributed by atoms with Crippen molar-refractivity contribution in [2.24, 2.45) is 0 Å². The number of Topliss-reactive ketones (excluding diaryl/α,β-unsaturated/α-hetero) is 1. The number of nitrogens with zero attached hydrogens (tertiary/aromatic N) is 4. The highest BCUT2D eigenvalue weighted by Crippen LogP contribution is 2.24. The van der Waals surface area contributed by atoms with Crippen molar-refractivity contribution >= 4 is 22.9 Å². The number of hydrogen-bond acceptors (Lipinski definition) is 6. The van der Waals surface area contributed by atoms with Crippen molar-refractivity contribution in [3.63, 3.8) is 0 Å². The summed E-state index contributed by atoms with van der Waals surface area (Å²) in [6, 6.07) is 5.36. The van der Waals surface area contributed by atoms with Crippen molar-refractivity contribution < 1.29 is 4.79 Å². The third-order valence-electron chi connectivity index (χ3n) is 2.76. The van der Waals surface area contributed by atoms with Gasteiger partial charge in [0.15, 0.2) is 11.7 Å². The summed E-state index contributed by atoms with van der Waals surface area (Å²) in [4.78, 5) is 22.7. The van der Waals surface area contributed by atoms with E-state index in [0.29, 0.717) is 16.4 Å². The minimum absolute atomic E-state index is 0.243. The SMILES string of the molecule is Cc1csc([C@@H](C#N)C(=O)c2ccnc(N(C)C)c2)n1.